The summed E-state index contributed by atoms with van der Waals surface area (Å²) in [6, 6.07) is 18.8. The summed E-state index contributed by atoms with van der Waals surface area (Å²) in [5, 5.41) is 15.9. The van der Waals surface area contributed by atoms with Crippen LogP contribution in [0.5, 0.6) is 5.75 Å². The standard InChI is InChI=1S/C20H19NO/c1-13-6-7-15-8-9-16(22)12-18(15)19(13)20-17-5-3-2-4-14(17)10-11-21-20/h2-9,12,20-22H,10-11H2,1H3. The lowest BCUT2D eigenvalue weighted by molar-refractivity contribution is 0.476. The maximum Gasteiger partial charge on any atom is 0.116 e. The van der Waals surface area contributed by atoms with Crippen LogP contribution in [-0.4, -0.2) is 11.7 Å². The summed E-state index contributed by atoms with van der Waals surface area (Å²) in [4.78, 5) is 0. The van der Waals surface area contributed by atoms with Crippen LogP contribution in [0.3, 0.4) is 0 Å². The number of phenols is 1. The highest BCUT2D eigenvalue weighted by molar-refractivity contribution is 5.89. The van der Waals surface area contributed by atoms with Crippen LogP contribution in [0.2, 0.25) is 0 Å². The van der Waals surface area contributed by atoms with E-state index in [0.29, 0.717) is 5.75 Å². The highest BCUT2D eigenvalue weighted by Crippen LogP contribution is 2.36. The number of hydrogen-bond acceptors (Lipinski definition) is 2. The summed E-state index contributed by atoms with van der Waals surface area (Å²) < 4.78 is 0. The first-order valence-corrected chi connectivity index (χ1v) is 7.77. The van der Waals surface area contributed by atoms with Crippen LogP contribution in [0.15, 0.2) is 54.6 Å². The van der Waals surface area contributed by atoms with E-state index in [4.69, 9.17) is 0 Å². The Kier molecular flexibility index (Phi) is 3.12. The maximum absolute atomic E-state index is 9.92. The number of phenolic OH excluding ortho intramolecular Hbond substituents is 1. The predicted octanol–water partition coefficient (Wildman–Crippen LogP) is 4.09. The molecule has 3 aromatic rings. The quantitative estimate of drug-likeness (QED) is 0.707. The summed E-state index contributed by atoms with van der Waals surface area (Å²) in [5.41, 5.74) is 5.31. The number of rotatable bonds is 1. The van der Waals surface area contributed by atoms with Crippen molar-refractivity contribution in [2.75, 3.05) is 6.54 Å². The van der Waals surface area contributed by atoms with Crippen molar-refractivity contribution in [2.24, 2.45) is 0 Å². The minimum Gasteiger partial charge on any atom is -0.508 e. The lowest BCUT2D eigenvalue weighted by Crippen LogP contribution is -2.31. The molecule has 22 heavy (non-hydrogen) atoms. The summed E-state index contributed by atoms with van der Waals surface area (Å²) in [5.74, 6) is 0.323. The van der Waals surface area contributed by atoms with Gasteiger partial charge in [-0.05, 0) is 58.5 Å². The van der Waals surface area contributed by atoms with Gasteiger partial charge in [-0.25, -0.2) is 0 Å². The van der Waals surface area contributed by atoms with Crippen molar-refractivity contribution in [3.05, 3.63) is 76.9 Å². The molecule has 0 aromatic heterocycles. The van der Waals surface area contributed by atoms with Crippen molar-refractivity contribution in [1.29, 1.82) is 0 Å². The minimum atomic E-state index is 0.190. The van der Waals surface area contributed by atoms with E-state index < -0.39 is 0 Å². The molecule has 0 saturated heterocycles. The van der Waals surface area contributed by atoms with E-state index >= 15 is 0 Å². The molecule has 110 valence electrons. The first-order chi connectivity index (χ1) is 10.7. The molecule has 0 aliphatic carbocycles. The lowest BCUT2D eigenvalue weighted by atomic mass is 9.85. The van der Waals surface area contributed by atoms with Gasteiger partial charge in [-0.1, -0.05) is 42.5 Å². The molecule has 3 aromatic carbocycles. The fraction of sp³-hybridized carbons (Fsp3) is 0.200. The first-order valence-electron chi connectivity index (χ1n) is 7.77. The molecule has 0 amide bonds. The monoisotopic (exact) mass is 289 g/mol. The van der Waals surface area contributed by atoms with Gasteiger partial charge in [0.25, 0.3) is 0 Å². The maximum atomic E-state index is 9.92. The number of benzene rings is 3. The molecule has 1 aliphatic rings. The molecule has 1 unspecified atom stereocenters. The van der Waals surface area contributed by atoms with Gasteiger partial charge in [-0.3, -0.25) is 0 Å². The zero-order valence-corrected chi connectivity index (χ0v) is 12.6. The number of aromatic hydroxyl groups is 1. The Morgan fingerprint density at radius 3 is 2.77 bits per heavy atom. The Morgan fingerprint density at radius 1 is 1.05 bits per heavy atom. The van der Waals surface area contributed by atoms with Gasteiger partial charge < -0.3 is 10.4 Å². The first kappa shape index (κ1) is 13.4. The van der Waals surface area contributed by atoms with Crippen molar-refractivity contribution in [3.8, 4) is 5.75 Å². The van der Waals surface area contributed by atoms with Crippen LogP contribution in [0.25, 0.3) is 10.8 Å². The molecule has 2 nitrogen and oxygen atoms in total. The Labute approximate surface area is 130 Å². The van der Waals surface area contributed by atoms with Crippen molar-refractivity contribution >= 4 is 10.8 Å². The Bertz CT molecular complexity index is 848. The molecule has 1 heterocycles. The highest BCUT2D eigenvalue weighted by Gasteiger charge is 2.23. The number of aryl methyl sites for hydroxylation is 1. The van der Waals surface area contributed by atoms with Crippen LogP contribution in [0.1, 0.15) is 28.3 Å². The van der Waals surface area contributed by atoms with Crippen LogP contribution in [0, 0.1) is 6.92 Å². The third-order valence-electron chi connectivity index (χ3n) is 4.66. The average molecular weight is 289 g/mol. The van der Waals surface area contributed by atoms with Gasteiger partial charge in [-0.2, -0.15) is 0 Å². The van der Waals surface area contributed by atoms with Crippen LogP contribution in [-0.2, 0) is 6.42 Å². The molecule has 1 atom stereocenters. The molecule has 0 bridgehead atoms. The summed E-state index contributed by atoms with van der Waals surface area (Å²) >= 11 is 0. The zero-order valence-electron chi connectivity index (χ0n) is 12.6. The summed E-state index contributed by atoms with van der Waals surface area (Å²) in [6.45, 7) is 3.13. The Balaban J connectivity index is 1.99. The van der Waals surface area contributed by atoms with E-state index in [2.05, 4.69) is 48.6 Å². The van der Waals surface area contributed by atoms with E-state index in [1.807, 2.05) is 12.1 Å². The van der Waals surface area contributed by atoms with E-state index in [1.165, 1.54) is 27.6 Å². The second-order valence-corrected chi connectivity index (χ2v) is 6.04. The van der Waals surface area contributed by atoms with E-state index in [-0.39, 0.29) is 6.04 Å². The van der Waals surface area contributed by atoms with Crippen LogP contribution in [0.4, 0.5) is 0 Å². The fourth-order valence-corrected chi connectivity index (χ4v) is 3.59. The SMILES string of the molecule is Cc1ccc2ccc(O)cc2c1C1NCCc2ccccc21. The van der Waals surface area contributed by atoms with Gasteiger partial charge in [0.1, 0.15) is 5.75 Å². The molecule has 0 spiro atoms. The van der Waals surface area contributed by atoms with Crippen molar-refractivity contribution in [1.82, 2.24) is 5.32 Å². The number of nitrogens with one attached hydrogen (secondary N) is 1. The molecular formula is C20H19NO. The molecular weight excluding hydrogens is 270 g/mol. The third-order valence-corrected chi connectivity index (χ3v) is 4.66. The molecule has 4 rings (SSSR count). The smallest absolute Gasteiger partial charge is 0.116 e. The number of hydrogen-bond donors (Lipinski definition) is 2. The molecule has 2 N–H and O–H groups in total. The minimum absolute atomic E-state index is 0.190. The van der Waals surface area contributed by atoms with Crippen molar-refractivity contribution in [2.45, 2.75) is 19.4 Å². The second-order valence-electron chi connectivity index (χ2n) is 6.04. The normalized spacial score (nSPS) is 17.4. The van der Waals surface area contributed by atoms with Gasteiger partial charge in [0, 0.05) is 6.54 Å². The Hall–Kier alpha value is -2.32. The van der Waals surface area contributed by atoms with Crippen molar-refractivity contribution < 1.29 is 5.11 Å². The molecule has 0 radical (unpaired) electrons. The fourth-order valence-electron chi connectivity index (χ4n) is 3.59. The summed E-state index contributed by atoms with van der Waals surface area (Å²) in [6.07, 6.45) is 1.07. The van der Waals surface area contributed by atoms with Crippen LogP contribution < -0.4 is 5.32 Å². The van der Waals surface area contributed by atoms with Crippen molar-refractivity contribution in [3.63, 3.8) is 0 Å². The van der Waals surface area contributed by atoms with Gasteiger partial charge in [-0.15, -0.1) is 0 Å². The van der Waals surface area contributed by atoms with Gasteiger partial charge in [0.05, 0.1) is 6.04 Å². The van der Waals surface area contributed by atoms with Crippen LogP contribution >= 0.6 is 0 Å². The summed E-state index contributed by atoms with van der Waals surface area (Å²) in [7, 11) is 0. The third kappa shape index (κ3) is 2.08. The average Bonchev–Trinajstić information content (AvgIpc) is 2.54. The topological polar surface area (TPSA) is 32.3 Å². The van der Waals surface area contributed by atoms with Gasteiger partial charge in [0.15, 0.2) is 0 Å². The largest absolute Gasteiger partial charge is 0.508 e. The highest BCUT2D eigenvalue weighted by atomic mass is 16.3. The van der Waals surface area contributed by atoms with E-state index in [0.717, 1.165) is 18.4 Å². The second kappa shape index (κ2) is 5.15. The molecule has 0 fully saturated rings. The van der Waals surface area contributed by atoms with Gasteiger partial charge in [0.2, 0.25) is 0 Å². The Morgan fingerprint density at radius 2 is 1.86 bits per heavy atom. The van der Waals surface area contributed by atoms with E-state index in [9.17, 15) is 5.11 Å². The molecule has 1 aliphatic heterocycles. The molecule has 2 heteroatoms. The lowest BCUT2D eigenvalue weighted by Gasteiger charge is -2.29. The van der Waals surface area contributed by atoms with Gasteiger partial charge >= 0.3 is 0 Å². The predicted molar refractivity (Wildman–Crippen MR) is 90.3 cm³/mol. The zero-order chi connectivity index (χ0) is 15.1. The number of fused-ring (bicyclic) bond motifs is 2. The molecule has 0 saturated carbocycles. The van der Waals surface area contributed by atoms with E-state index in [1.54, 1.807) is 6.07 Å².